The number of hydrogen-bond donors (Lipinski definition) is 2. The third-order valence-electron chi connectivity index (χ3n) is 4.73. The van der Waals surface area contributed by atoms with Crippen LogP contribution in [-0.4, -0.2) is 24.6 Å². The first-order valence-electron chi connectivity index (χ1n) is 10.9. The van der Waals surface area contributed by atoms with Crippen molar-refractivity contribution in [2.75, 3.05) is 11.9 Å². The van der Waals surface area contributed by atoms with E-state index >= 15 is 0 Å². The number of ether oxygens (including phenoxy) is 2. The molecule has 0 radical (unpaired) electrons. The van der Waals surface area contributed by atoms with Crippen molar-refractivity contribution in [2.24, 2.45) is 5.10 Å². The van der Waals surface area contributed by atoms with E-state index in [2.05, 4.69) is 15.8 Å². The van der Waals surface area contributed by atoms with E-state index in [0.29, 0.717) is 33.7 Å². The summed E-state index contributed by atoms with van der Waals surface area (Å²) in [6, 6.07) is 19.5. The van der Waals surface area contributed by atoms with Gasteiger partial charge in [-0.3, -0.25) is 9.59 Å². The zero-order valence-corrected chi connectivity index (χ0v) is 20.6. The fraction of sp³-hybridized carbons (Fsp3) is 0.192. The summed E-state index contributed by atoms with van der Waals surface area (Å²) in [4.78, 5) is 24.2. The monoisotopic (exact) mass is 513 g/mol. The van der Waals surface area contributed by atoms with Crippen LogP contribution in [0.25, 0.3) is 0 Å². The van der Waals surface area contributed by atoms with Crippen molar-refractivity contribution in [1.82, 2.24) is 5.43 Å². The van der Waals surface area contributed by atoms with Crippen LogP contribution < -0.4 is 20.2 Å². The molecule has 0 heterocycles. The number of benzene rings is 3. The molecule has 0 saturated heterocycles. The van der Waals surface area contributed by atoms with Gasteiger partial charge in [0.2, 0.25) is 11.8 Å². The fourth-order valence-electron chi connectivity index (χ4n) is 3.00. The maximum atomic E-state index is 12.1. The number of halogens is 2. The second kappa shape index (κ2) is 13.4. The molecule has 3 aromatic rings. The molecule has 35 heavy (non-hydrogen) atoms. The molecule has 2 N–H and O–H groups in total. The lowest BCUT2D eigenvalue weighted by atomic mass is 10.2. The minimum Gasteiger partial charge on any atom is -0.494 e. The molecular formula is C26H25Cl2N3O4. The summed E-state index contributed by atoms with van der Waals surface area (Å²) in [6.07, 6.45) is 1.43. The lowest BCUT2D eigenvalue weighted by Crippen LogP contribution is -2.20. The normalized spacial score (nSPS) is 10.7. The van der Waals surface area contributed by atoms with Crippen LogP contribution in [0.3, 0.4) is 0 Å². The van der Waals surface area contributed by atoms with Crippen LogP contribution in [0.1, 0.15) is 30.9 Å². The van der Waals surface area contributed by atoms with Gasteiger partial charge in [-0.25, -0.2) is 5.43 Å². The van der Waals surface area contributed by atoms with E-state index in [9.17, 15) is 9.59 Å². The van der Waals surface area contributed by atoms with Crippen LogP contribution in [0.4, 0.5) is 5.69 Å². The molecule has 3 aromatic carbocycles. The number of rotatable bonds is 11. The Labute approximate surface area is 214 Å². The third kappa shape index (κ3) is 8.63. The molecule has 0 saturated carbocycles. The molecule has 0 atom stereocenters. The molecule has 0 bridgehead atoms. The summed E-state index contributed by atoms with van der Waals surface area (Å²) in [5.74, 6) is 0.573. The van der Waals surface area contributed by atoms with Gasteiger partial charge in [-0.15, -0.1) is 0 Å². The van der Waals surface area contributed by atoms with Crippen LogP contribution >= 0.6 is 23.2 Å². The zero-order chi connectivity index (χ0) is 25.0. The minimum absolute atomic E-state index is 0.0118. The number of nitrogens with zero attached hydrogens (tertiary/aromatic N) is 1. The number of hydrazone groups is 1. The van der Waals surface area contributed by atoms with E-state index in [1.807, 2.05) is 25.1 Å². The van der Waals surface area contributed by atoms with Crippen LogP contribution in [0.2, 0.25) is 10.0 Å². The Kier molecular flexibility index (Phi) is 9.95. The zero-order valence-electron chi connectivity index (χ0n) is 19.1. The Morgan fingerprint density at radius 1 is 0.943 bits per heavy atom. The van der Waals surface area contributed by atoms with Crippen molar-refractivity contribution < 1.29 is 19.1 Å². The highest BCUT2D eigenvalue weighted by Crippen LogP contribution is 2.24. The molecule has 0 aliphatic carbocycles. The summed E-state index contributed by atoms with van der Waals surface area (Å²) in [5.41, 5.74) is 4.46. The van der Waals surface area contributed by atoms with Crippen LogP contribution in [-0.2, 0) is 16.2 Å². The number of carbonyl (C=O) groups is 2. The molecule has 0 unspecified atom stereocenters. The number of amides is 2. The highest BCUT2D eigenvalue weighted by atomic mass is 35.5. The van der Waals surface area contributed by atoms with Crippen molar-refractivity contribution in [3.63, 3.8) is 0 Å². The van der Waals surface area contributed by atoms with Crippen molar-refractivity contribution in [3.05, 3.63) is 87.9 Å². The standard InChI is InChI=1S/C26H25Cl2N3O4/c1-2-34-22-10-8-21(9-11-22)30-25(32)13-14-26(33)31-29-16-19-15-20(27)7-12-24(19)35-17-18-5-3-4-6-23(18)28/h3-12,15-16H,2,13-14,17H2,1H3,(H,30,32)(H,31,33). The maximum Gasteiger partial charge on any atom is 0.240 e. The fourth-order valence-corrected chi connectivity index (χ4v) is 3.37. The van der Waals surface area contributed by atoms with Gasteiger partial charge in [0.25, 0.3) is 0 Å². The molecule has 2 amide bonds. The lowest BCUT2D eigenvalue weighted by Gasteiger charge is -2.10. The predicted octanol–water partition coefficient (Wildman–Crippen LogP) is 5.84. The molecule has 0 aliphatic rings. The van der Waals surface area contributed by atoms with Gasteiger partial charge in [0.05, 0.1) is 12.8 Å². The minimum atomic E-state index is -0.399. The third-order valence-corrected chi connectivity index (χ3v) is 5.34. The Balaban J connectivity index is 1.48. The van der Waals surface area contributed by atoms with E-state index in [0.717, 1.165) is 11.3 Å². The van der Waals surface area contributed by atoms with E-state index in [4.69, 9.17) is 32.7 Å². The average molecular weight is 514 g/mol. The second-order valence-electron chi connectivity index (χ2n) is 7.36. The van der Waals surface area contributed by atoms with Gasteiger partial charge in [0.15, 0.2) is 0 Å². The SMILES string of the molecule is CCOc1ccc(NC(=O)CCC(=O)NN=Cc2cc(Cl)ccc2OCc2ccccc2Cl)cc1. The molecule has 3 rings (SSSR count). The van der Waals surface area contributed by atoms with Crippen LogP contribution in [0.5, 0.6) is 11.5 Å². The van der Waals surface area contributed by atoms with E-state index in [1.54, 1.807) is 48.5 Å². The summed E-state index contributed by atoms with van der Waals surface area (Å²) >= 11 is 12.3. The van der Waals surface area contributed by atoms with Gasteiger partial charge >= 0.3 is 0 Å². The largest absolute Gasteiger partial charge is 0.494 e. The lowest BCUT2D eigenvalue weighted by molar-refractivity contribution is -0.124. The molecule has 7 nitrogen and oxygen atoms in total. The van der Waals surface area contributed by atoms with Gasteiger partial charge in [-0.2, -0.15) is 5.10 Å². The molecule has 0 fully saturated rings. The first kappa shape index (κ1) is 26.1. The molecule has 0 spiro atoms. The Morgan fingerprint density at radius 2 is 1.69 bits per heavy atom. The van der Waals surface area contributed by atoms with Crippen molar-refractivity contribution in [3.8, 4) is 11.5 Å². The summed E-state index contributed by atoms with van der Waals surface area (Å²) < 4.78 is 11.2. The second-order valence-corrected chi connectivity index (χ2v) is 8.20. The molecule has 0 aliphatic heterocycles. The number of carbonyl (C=O) groups excluding carboxylic acids is 2. The van der Waals surface area contributed by atoms with Crippen molar-refractivity contribution >= 4 is 46.9 Å². The quantitative estimate of drug-likeness (QED) is 0.249. The summed E-state index contributed by atoms with van der Waals surface area (Å²) in [5, 5.41) is 7.81. The predicted molar refractivity (Wildman–Crippen MR) is 138 cm³/mol. The molecular weight excluding hydrogens is 489 g/mol. The first-order valence-corrected chi connectivity index (χ1v) is 11.7. The van der Waals surface area contributed by atoms with Gasteiger partial charge in [-0.1, -0.05) is 41.4 Å². The van der Waals surface area contributed by atoms with Gasteiger partial charge < -0.3 is 14.8 Å². The van der Waals surface area contributed by atoms with Crippen molar-refractivity contribution in [1.29, 1.82) is 0 Å². The van der Waals surface area contributed by atoms with Gasteiger partial charge in [0, 0.05) is 39.7 Å². The summed E-state index contributed by atoms with van der Waals surface area (Å²) in [6.45, 7) is 2.73. The molecule has 9 heteroatoms. The highest BCUT2D eigenvalue weighted by molar-refractivity contribution is 6.31. The van der Waals surface area contributed by atoms with Gasteiger partial charge in [-0.05, 0) is 55.5 Å². The Morgan fingerprint density at radius 3 is 2.43 bits per heavy atom. The Bertz CT molecular complexity index is 1180. The first-order chi connectivity index (χ1) is 16.9. The van der Waals surface area contributed by atoms with Crippen LogP contribution in [0, 0.1) is 0 Å². The average Bonchev–Trinajstić information content (AvgIpc) is 2.84. The Hall–Kier alpha value is -3.55. The molecule has 182 valence electrons. The highest BCUT2D eigenvalue weighted by Gasteiger charge is 2.08. The smallest absolute Gasteiger partial charge is 0.240 e. The van der Waals surface area contributed by atoms with E-state index < -0.39 is 5.91 Å². The number of hydrogen-bond acceptors (Lipinski definition) is 5. The molecule has 0 aromatic heterocycles. The maximum absolute atomic E-state index is 12.1. The van der Waals surface area contributed by atoms with Crippen molar-refractivity contribution in [2.45, 2.75) is 26.4 Å². The van der Waals surface area contributed by atoms with E-state index in [1.165, 1.54) is 6.21 Å². The van der Waals surface area contributed by atoms with E-state index in [-0.39, 0.29) is 25.4 Å². The number of nitrogens with one attached hydrogen (secondary N) is 2. The van der Waals surface area contributed by atoms with Crippen LogP contribution in [0.15, 0.2) is 71.8 Å². The van der Waals surface area contributed by atoms with Gasteiger partial charge in [0.1, 0.15) is 18.1 Å². The topological polar surface area (TPSA) is 89.0 Å². The summed E-state index contributed by atoms with van der Waals surface area (Å²) in [7, 11) is 0. The number of anilines is 1.